The molecule has 0 bridgehead atoms. The van der Waals surface area contributed by atoms with Crippen LogP contribution >= 0.6 is 0 Å². The number of hydrogen-bond donors (Lipinski definition) is 3. The number of aliphatic hydroxyl groups is 1. The van der Waals surface area contributed by atoms with Crippen LogP contribution in [0.3, 0.4) is 0 Å². The number of amides is 3. The number of benzene rings is 3. The second-order valence-electron chi connectivity index (χ2n) is 13.8. The molecular weight excluding hydrogens is 643 g/mol. The minimum absolute atomic E-state index is 0.0144. The number of ether oxygens (including phenoxy) is 3. The van der Waals surface area contributed by atoms with Crippen molar-refractivity contribution >= 4 is 37.4 Å². The fourth-order valence-corrected chi connectivity index (χ4v) is 10.6. The summed E-state index contributed by atoms with van der Waals surface area (Å²) in [5.74, 6) is 0.144. The average Bonchev–Trinajstić information content (AvgIpc) is 3.75. The summed E-state index contributed by atoms with van der Waals surface area (Å²) in [5.41, 5.74) is 1.43. The molecule has 0 aromatic heterocycles. The van der Waals surface area contributed by atoms with E-state index in [1.807, 2.05) is 44.3 Å². The lowest BCUT2D eigenvalue weighted by atomic mass is 9.82. The molecule has 49 heavy (non-hydrogen) atoms. The molecule has 1 spiro atoms. The van der Waals surface area contributed by atoms with E-state index in [0.717, 1.165) is 18.4 Å². The predicted octanol–water partition coefficient (Wildman–Crippen LogP) is 4.67. The summed E-state index contributed by atoms with van der Waals surface area (Å²) in [6, 6.07) is 19.4. The van der Waals surface area contributed by atoms with E-state index in [4.69, 9.17) is 14.2 Å². The van der Waals surface area contributed by atoms with Gasteiger partial charge in [0.05, 0.1) is 51.6 Å². The van der Waals surface area contributed by atoms with Crippen molar-refractivity contribution in [1.29, 1.82) is 0 Å². The summed E-state index contributed by atoms with van der Waals surface area (Å²) in [4.78, 5) is 56.2. The molecule has 3 aliphatic rings. The molecule has 3 aromatic rings. The van der Waals surface area contributed by atoms with Crippen molar-refractivity contribution in [2.45, 2.75) is 69.1 Å². The largest absolute Gasteiger partial charge is 0.497 e. The Morgan fingerprint density at radius 2 is 1.69 bits per heavy atom. The van der Waals surface area contributed by atoms with E-state index < -0.39 is 31.5 Å². The van der Waals surface area contributed by atoms with Crippen molar-refractivity contribution in [3.8, 4) is 11.5 Å². The van der Waals surface area contributed by atoms with Crippen LogP contribution in [0.4, 0.5) is 11.4 Å². The third-order valence-electron chi connectivity index (χ3n) is 10.4. The molecule has 6 rings (SSSR count). The molecule has 3 aliphatic heterocycles. The lowest BCUT2D eigenvalue weighted by molar-refractivity contribution is -0.150. The lowest BCUT2D eigenvalue weighted by Crippen LogP contribution is -2.46. The van der Waals surface area contributed by atoms with Crippen molar-refractivity contribution in [2.24, 2.45) is 5.92 Å². The van der Waals surface area contributed by atoms with Gasteiger partial charge in [-0.1, -0.05) is 19.1 Å². The van der Waals surface area contributed by atoms with Crippen LogP contribution in [0.25, 0.3) is 0 Å². The van der Waals surface area contributed by atoms with Crippen LogP contribution in [0.5, 0.6) is 11.5 Å². The van der Waals surface area contributed by atoms with E-state index in [-0.39, 0.29) is 43.3 Å². The minimum atomic E-state index is -2.98. The average molecular weight is 688 g/mol. The van der Waals surface area contributed by atoms with Crippen LogP contribution in [-0.4, -0.2) is 80.4 Å². The van der Waals surface area contributed by atoms with Gasteiger partial charge in [-0.3, -0.25) is 14.4 Å². The maximum atomic E-state index is 14.8. The molecule has 3 N–H and O–H groups in total. The Hall–Kier alpha value is -4.23. The molecule has 0 unspecified atom stereocenters. The van der Waals surface area contributed by atoms with Gasteiger partial charge in [0.15, 0.2) is 13.9 Å². The zero-order valence-corrected chi connectivity index (χ0v) is 29.6. The predicted molar refractivity (Wildman–Crippen MR) is 187 cm³/mol. The van der Waals surface area contributed by atoms with Crippen LogP contribution in [0.2, 0.25) is 18.6 Å². The number of nitrogens with one attached hydrogen (secondary N) is 1. The highest BCUT2D eigenvalue weighted by atomic mass is 28.4. The van der Waals surface area contributed by atoms with Gasteiger partial charge in [0.25, 0.3) is 11.8 Å². The summed E-state index contributed by atoms with van der Waals surface area (Å²) in [6.45, 7) is 6.31. The summed E-state index contributed by atoms with van der Waals surface area (Å²) in [5, 5.41) is 12.8. The number of carbonyl (C=O) groups excluding carboxylic acids is 3. The maximum absolute atomic E-state index is 14.8. The first kappa shape index (κ1) is 34.6. The van der Waals surface area contributed by atoms with Crippen LogP contribution in [0.15, 0.2) is 66.7 Å². The molecule has 3 amide bonds. The molecule has 3 aromatic carbocycles. The van der Waals surface area contributed by atoms with Gasteiger partial charge in [0, 0.05) is 34.8 Å². The molecule has 0 radical (unpaired) electrons. The normalized spacial score (nSPS) is 24.8. The monoisotopic (exact) mass is 687 g/mol. The van der Waals surface area contributed by atoms with Crippen molar-refractivity contribution in [3.05, 3.63) is 83.4 Å². The molecule has 3 heterocycles. The van der Waals surface area contributed by atoms with Crippen molar-refractivity contribution in [1.82, 2.24) is 4.90 Å². The molecule has 12 heteroatoms. The first-order valence-electron chi connectivity index (χ1n) is 16.8. The standard InChI is InChI=1S/C37H45N3O8Si/c1-23-34(49(4,5)45)32(20-33(42)39-18-6-7-27(39)22-41)48-37(23)30-19-29(47-3)16-17-31(30)40(36(37)44)21-24-8-12-26(13-9-24)38-35(43)25-10-14-28(46-2)15-11-25/h8-17,19,23,27,32,34,41,45H,6-7,18,20-22H2,1-5H3,(H,38,43)/t23-,27-,32+,34-,37+/m0/s1. The second-order valence-corrected chi connectivity index (χ2v) is 17.8. The van der Waals surface area contributed by atoms with Gasteiger partial charge >= 0.3 is 0 Å². The summed E-state index contributed by atoms with van der Waals surface area (Å²) >= 11 is 0. The fraction of sp³-hybridized carbons (Fsp3) is 0.432. The molecule has 2 saturated heterocycles. The SMILES string of the molecule is COc1ccc(C(=O)Nc2ccc(CN3C(=O)[C@]4(O[C@H](CC(=O)N5CCC[C@H]5CO)[C@@H]([Si](C)(C)O)[C@@H]4C)c4cc(OC)ccc43)cc2)cc1. The zero-order valence-electron chi connectivity index (χ0n) is 28.6. The molecule has 5 atom stereocenters. The number of anilines is 2. The quantitative estimate of drug-likeness (QED) is 0.262. The van der Waals surface area contributed by atoms with Gasteiger partial charge in [-0.25, -0.2) is 0 Å². The van der Waals surface area contributed by atoms with Gasteiger partial charge in [0.1, 0.15) is 11.5 Å². The number of aliphatic hydroxyl groups excluding tert-OH is 1. The molecule has 11 nitrogen and oxygen atoms in total. The molecule has 0 aliphatic carbocycles. The maximum Gasteiger partial charge on any atom is 0.264 e. The number of carbonyl (C=O) groups is 3. The Kier molecular flexibility index (Phi) is 9.60. The first-order chi connectivity index (χ1) is 23.4. The fourth-order valence-electron chi connectivity index (χ4n) is 8.01. The van der Waals surface area contributed by atoms with Gasteiger partial charge in [-0.15, -0.1) is 0 Å². The minimum Gasteiger partial charge on any atom is -0.497 e. The number of rotatable bonds is 10. The number of hydrogen-bond acceptors (Lipinski definition) is 8. The van der Waals surface area contributed by atoms with Crippen molar-refractivity contribution < 1.29 is 38.5 Å². The Bertz CT molecular complexity index is 1710. The van der Waals surface area contributed by atoms with E-state index in [9.17, 15) is 24.3 Å². The number of likely N-dealkylation sites (tertiary alicyclic amines) is 1. The highest BCUT2D eigenvalue weighted by Gasteiger charge is 2.66. The summed E-state index contributed by atoms with van der Waals surface area (Å²) < 4.78 is 17.6. The van der Waals surface area contributed by atoms with E-state index in [1.165, 1.54) is 0 Å². The third kappa shape index (κ3) is 6.34. The third-order valence-corrected chi connectivity index (χ3v) is 12.9. The van der Waals surface area contributed by atoms with Gasteiger partial charge in [0.2, 0.25) is 5.91 Å². The van der Waals surface area contributed by atoms with Gasteiger partial charge < -0.3 is 39.2 Å². The molecule has 0 saturated carbocycles. The van der Waals surface area contributed by atoms with Crippen LogP contribution in [0, 0.1) is 5.92 Å². The Labute approximate surface area is 287 Å². The molecule has 260 valence electrons. The zero-order chi connectivity index (χ0) is 35.1. The van der Waals surface area contributed by atoms with E-state index >= 15 is 0 Å². The highest BCUT2D eigenvalue weighted by molar-refractivity contribution is 6.71. The highest BCUT2D eigenvalue weighted by Crippen LogP contribution is 2.60. The van der Waals surface area contributed by atoms with Gasteiger partial charge in [-0.05, 0) is 86.1 Å². The van der Waals surface area contributed by atoms with E-state index in [2.05, 4.69) is 5.32 Å². The van der Waals surface area contributed by atoms with E-state index in [0.29, 0.717) is 40.5 Å². The molecule has 2 fully saturated rings. The first-order valence-corrected chi connectivity index (χ1v) is 19.8. The Balaban J connectivity index is 1.27. The summed E-state index contributed by atoms with van der Waals surface area (Å²) in [7, 11) is 0.156. The number of methoxy groups -OCH3 is 2. The van der Waals surface area contributed by atoms with Gasteiger partial charge in [-0.2, -0.15) is 0 Å². The second kappa shape index (κ2) is 13.6. The van der Waals surface area contributed by atoms with E-state index in [1.54, 1.807) is 66.5 Å². The Morgan fingerprint density at radius 1 is 1.02 bits per heavy atom. The smallest absolute Gasteiger partial charge is 0.264 e. The number of fused-ring (bicyclic) bond motifs is 2. The molecular formula is C37H45N3O8Si. The topological polar surface area (TPSA) is 138 Å². The number of nitrogens with zero attached hydrogens (tertiary/aromatic N) is 2. The van der Waals surface area contributed by atoms with Crippen LogP contribution in [-0.2, 0) is 26.5 Å². The Morgan fingerprint density at radius 3 is 2.33 bits per heavy atom. The van der Waals surface area contributed by atoms with Crippen molar-refractivity contribution in [3.63, 3.8) is 0 Å². The van der Waals surface area contributed by atoms with Crippen LogP contribution in [0.1, 0.15) is 47.7 Å². The summed E-state index contributed by atoms with van der Waals surface area (Å²) in [6.07, 6.45) is 0.892. The van der Waals surface area contributed by atoms with Crippen LogP contribution < -0.4 is 19.7 Å². The van der Waals surface area contributed by atoms with Crippen molar-refractivity contribution in [2.75, 3.05) is 37.6 Å². The lowest BCUT2D eigenvalue weighted by Gasteiger charge is -2.32.